The number of hydrogen-bond donors (Lipinski definition) is 2. The Labute approximate surface area is 156 Å². The molecule has 27 heavy (non-hydrogen) atoms. The van der Waals surface area contributed by atoms with Crippen molar-refractivity contribution in [2.45, 2.75) is 13.0 Å². The zero-order valence-corrected chi connectivity index (χ0v) is 14.7. The molecule has 2 heterocycles. The Balaban J connectivity index is 1.21. The zero-order valence-electron chi connectivity index (χ0n) is 14.7. The van der Waals surface area contributed by atoms with Gasteiger partial charge in [0.15, 0.2) is 11.5 Å². The Morgan fingerprint density at radius 1 is 1.04 bits per heavy atom. The molecule has 7 heteroatoms. The number of nitrogens with zero attached hydrogens (tertiary/aromatic N) is 2. The molecule has 0 saturated heterocycles. The molecule has 7 nitrogen and oxygen atoms in total. The molecule has 0 saturated carbocycles. The molecule has 0 spiro atoms. The highest BCUT2D eigenvalue weighted by Crippen LogP contribution is 2.32. The van der Waals surface area contributed by atoms with Crippen LogP contribution >= 0.6 is 0 Å². The summed E-state index contributed by atoms with van der Waals surface area (Å²) in [5.41, 5.74) is 3.03. The van der Waals surface area contributed by atoms with Gasteiger partial charge in [-0.1, -0.05) is 24.3 Å². The van der Waals surface area contributed by atoms with Gasteiger partial charge in [0.1, 0.15) is 0 Å². The minimum absolute atomic E-state index is 0.205. The van der Waals surface area contributed by atoms with Crippen molar-refractivity contribution in [1.82, 2.24) is 20.4 Å². The molecule has 0 atom stereocenters. The maximum absolute atomic E-state index is 12.0. The monoisotopic (exact) mass is 364 g/mol. The standard InChI is InChI=1S/C20H20N4O3/c25-20(22-11-15-6-7-18-19(10-15)27-14-26-18)21-9-8-16-12-23-24(13-16)17-4-2-1-3-5-17/h1-7,10,12-13H,8-9,11,14H2,(H2,21,22,25). The van der Waals surface area contributed by atoms with Crippen LogP contribution in [0.5, 0.6) is 11.5 Å². The molecule has 138 valence electrons. The van der Waals surface area contributed by atoms with Crippen LogP contribution in [0, 0.1) is 0 Å². The molecule has 1 aromatic heterocycles. The quantitative estimate of drug-likeness (QED) is 0.705. The normalized spacial score (nSPS) is 12.0. The number of para-hydroxylation sites is 1. The summed E-state index contributed by atoms with van der Waals surface area (Å²) in [5.74, 6) is 1.45. The number of carbonyl (C=O) groups is 1. The number of carbonyl (C=O) groups excluding carboxylic acids is 1. The number of amides is 2. The van der Waals surface area contributed by atoms with Crippen LogP contribution in [-0.2, 0) is 13.0 Å². The first kappa shape index (κ1) is 17.0. The highest BCUT2D eigenvalue weighted by Gasteiger charge is 2.13. The van der Waals surface area contributed by atoms with Gasteiger partial charge in [-0.05, 0) is 41.8 Å². The van der Waals surface area contributed by atoms with E-state index >= 15 is 0 Å². The van der Waals surface area contributed by atoms with Crippen molar-refractivity contribution in [3.05, 3.63) is 72.1 Å². The van der Waals surface area contributed by atoms with E-state index in [1.165, 1.54) is 0 Å². The number of nitrogens with one attached hydrogen (secondary N) is 2. The molecule has 2 aromatic carbocycles. The summed E-state index contributed by atoms with van der Waals surface area (Å²) in [6, 6.07) is 15.3. The van der Waals surface area contributed by atoms with E-state index in [-0.39, 0.29) is 12.8 Å². The topological polar surface area (TPSA) is 77.4 Å². The van der Waals surface area contributed by atoms with Gasteiger partial charge in [-0.25, -0.2) is 9.48 Å². The molecular formula is C20H20N4O3. The summed E-state index contributed by atoms with van der Waals surface area (Å²) in [6.07, 6.45) is 4.50. The maximum Gasteiger partial charge on any atom is 0.315 e. The lowest BCUT2D eigenvalue weighted by Gasteiger charge is -2.08. The second-order valence-electron chi connectivity index (χ2n) is 6.18. The van der Waals surface area contributed by atoms with E-state index in [4.69, 9.17) is 9.47 Å². The molecule has 4 rings (SSSR count). The molecular weight excluding hydrogens is 344 g/mol. The number of ether oxygens (including phenoxy) is 2. The van der Waals surface area contributed by atoms with Crippen LogP contribution in [0.3, 0.4) is 0 Å². The van der Waals surface area contributed by atoms with Gasteiger partial charge < -0.3 is 20.1 Å². The third kappa shape index (κ3) is 4.20. The Morgan fingerprint density at radius 3 is 2.78 bits per heavy atom. The molecule has 2 N–H and O–H groups in total. The van der Waals surface area contributed by atoms with Crippen LogP contribution in [-0.4, -0.2) is 29.1 Å². The molecule has 0 unspecified atom stereocenters. The second-order valence-corrected chi connectivity index (χ2v) is 6.18. The third-order valence-electron chi connectivity index (χ3n) is 4.25. The SMILES string of the molecule is O=C(NCCc1cnn(-c2ccccc2)c1)NCc1ccc2c(c1)OCO2. The van der Waals surface area contributed by atoms with E-state index < -0.39 is 0 Å². The van der Waals surface area contributed by atoms with E-state index in [0.29, 0.717) is 25.3 Å². The van der Waals surface area contributed by atoms with E-state index in [0.717, 1.165) is 22.6 Å². The van der Waals surface area contributed by atoms with Crippen LogP contribution in [0.1, 0.15) is 11.1 Å². The molecule has 3 aromatic rings. The maximum atomic E-state index is 12.0. The predicted molar refractivity (Wildman–Crippen MR) is 100 cm³/mol. The smallest absolute Gasteiger partial charge is 0.315 e. The Hall–Kier alpha value is -3.48. The minimum atomic E-state index is -0.205. The molecule has 0 radical (unpaired) electrons. The molecule has 0 bridgehead atoms. The molecule has 0 aliphatic carbocycles. The van der Waals surface area contributed by atoms with Crippen molar-refractivity contribution in [1.29, 1.82) is 0 Å². The van der Waals surface area contributed by atoms with E-state index in [1.54, 1.807) is 0 Å². The van der Waals surface area contributed by atoms with Crippen molar-refractivity contribution < 1.29 is 14.3 Å². The average Bonchev–Trinajstić information content (AvgIpc) is 3.36. The van der Waals surface area contributed by atoms with Crippen LogP contribution in [0.2, 0.25) is 0 Å². The van der Waals surface area contributed by atoms with Crippen LogP contribution in [0.4, 0.5) is 4.79 Å². The van der Waals surface area contributed by atoms with Gasteiger partial charge in [0, 0.05) is 19.3 Å². The Bertz CT molecular complexity index is 924. The lowest BCUT2D eigenvalue weighted by molar-refractivity contribution is 0.174. The second kappa shape index (κ2) is 7.82. The van der Waals surface area contributed by atoms with Crippen molar-refractivity contribution in [2.24, 2.45) is 0 Å². The first-order chi connectivity index (χ1) is 13.3. The largest absolute Gasteiger partial charge is 0.454 e. The minimum Gasteiger partial charge on any atom is -0.454 e. The van der Waals surface area contributed by atoms with Gasteiger partial charge in [-0.15, -0.1) is 0 Å². The van der Waals surface area contributed by atoms with Gasteiger partial charge >= 0.3 is 6.03 Å². The first-order valence-corrected chi connectivity index (χ1v) is 8.77. The molecule has 2 amide bonds. The van der Waals surface area contributed by atoms with Gasteiger partial charge in [0.2, 0.25) is 6.79 Å². The first-order valence-electron chi connectivity index (χ1n) is 8.77. The number of urea groups is 1. The van der Waals surface area contributed by atoms with Crippen LogP contribution in [0.15, 0.2) is 60.9 Å². The summed E-state index contributed by atoms with van der Waals surface area (Å²) in [5, 5.41) is 10.1. The van der Waals surface area contributed by atoms with E-state index in [9.17, 15) is 4.79 Å². The fraction of sp³-hybridized carbons (Fsp3) is 0.200. The fourth-order valence-electron chi connectivity index (χ4n) is 2.83. The third-order valence-corrected chi connectivity index (χ3v) is 4.25. The number of hydrogen-bond acceptors (Lipinski definition) is 4. The molecule has 1 aliphatic heterocycles. The summed E-state index contributed by atoms with van der Waals surface area (Å²) in [7, 11) is 0. The summed E-state index contributed by atoms with van der Waals surface area (Å²) in [4.78, 5) is 12.0. The van der Waals surface area contributed by atoms with Crippen LogP contribution < -0.4 is 20.1 Å². The molecule has 1 aliphatic rings. The van der Waals surface area contributed by atoms with Crippen molar-refractivity contribution >= 4 is 6.03 Å². The summed E-state index contributed by atoms with van der Waals surface area (Å²) >= 11 is 0. The van der Waals surface area contributed by atoms with E-state index in [2.05, 4.69) is 15.7 Å². The zero-order chi connectivity index (χ0) is 18.5. The lowest BCUT2D eigenvalue weighted by atomic mass is 10.2. The van der Waals surface area contributed by atoms with Crippen molar-refractivity contribution in [3.63, 3.8) is 0 Å². The predicted octanol–water partition coefficient (Wildman–Crippen LogP) is 2.64. The lowest BCUT2D eigenvalue weighted by Crippen LogP contribution is -2.36. The van der Waals surface area contributed by atoms with E-state index in [1.807, 2.05) is 65.6 Å². The fourth-order valence-corrected chi connectivity index (χ4v) is 2.83. The Kier molecular flexibility index (Phi) is 4.91. The molecule has 0 fully saturated rings. The highest BCUT2D eigenvalue weighted by atomic mass is 16.7. The summed E-state index contributed by atoms with van der Waals surface area (Å²) in [6.45, 7) is 1.20. The average molecular weight is 364 g/mol. The Morgan fingerprint density at radius 2 is 1.89 bits per heavy atom. The van der Waals surface area contributed by atoms with Gasteiger partial charge in [-0.3, -0.25) is 0 Å². The summed E-state index contributed by atoms with van der Waals surface area (Å²) < 4.78 is 12.4. The van der Waals surface area contributed by atoms with Gasteiger partial charge in [0.05, 0.1) is 11.9 Å². The number of aromatic nitrogens is 2. The van der Waals surface area contributed by atoms with Crippen molar-refractivity contribution in [2.75, 3.05) is 13.3 Å². The number of benzene rings is 2. The highest BCUT2D eigenvalue weighted by molar-refractivity contribution is 5.73. The van der Waals surface area contributed by atoms with Gasteiger partial charge in [-0.2, -0.15) is 5.10 Å². The number of rotatable bonds is 6. The van der Waals surface area contributed by atoms with Crippen LogP contribution in [0.25, 0.3) is 5.69 Å². The van der Waals surface area contributed by atoms with Gasteiger partial charge in [0.25, 0.3) is 0 Å². The van der Waals surface area contributed by atoms with Crippen molar-refractivity contribution in [3.8, 4) is 17.2 Å². The number of fused-ring (bicyclic) bond motifs is 1.